The Morgan fingerprint density at radius 1 is 0.704 bits per heavy atom. The molecule has 2 aromatic rings. The molecule has 7 heteroatoms. The Bertz CT molecular complexity index is 677. The molecule has 0 bridgehead atoms. The van der Waals surface area contributed by atoms with Crippen molar-refractivity contribution in [3.05, 3.63) is 48.5 Å². The molecule has 27 heavy (non-hydrogen) atoms. The lowest BCUT2D eigenvalue weighted by Crippen LogP contribution is -2.45. The van der Waals surface area contributed by atoms with Crippen molar-refractivity contribution in [2.45, 2.75) is 38.3 Å². The molecule has 0 heterocycles. The van der Waals surface area contributed by atoms with Gasteiger partial charge in [0, 0.05) is 23.5 Å². The summed E-state index contributed by atoms with van der Waals surface area (Å²) in [7, 11) is -3.63. The van der Waals surface area contributed by atoms with Crippen LogP contribution in [0.4, 0.5) is 11.4 Å². The number of rotatable bonds is 10. The monoisotopic (exact) mass is 404 g/mol. The van der Waals surface area contributed by atoms with Gasteiger partial charge in [0.05, 0.1) is 13.2 Å². The van der Waals surface area contributed by atoms with Crippen LogP contribution in [-0.4, -0.2) is 29.8 Å². The van der Waals surface area contributed by atoms with E-state index in [2.05, 4.69) is 26.2 Å². The molecule has 4 N–H and O–H groups in total. The Hall–Kier alpha value is -1.97. The lowest BCUT2D eigenvalue weighted by atomic mass is 10.3. The van der Waals surface area contributed by atoms with Crippen LogP contribution in [0.2, 0.25) is 38.3 Å². The number of ether oxygens (including phenoxy) is 2. The maximum absolute atomic E-state index is 6.62. The molecular formula is C20H32N2O3Si2. The zero-order chi connectivity index (χ0) is 19.9. The Morgan fingerprint density at radius 2 is 1.11 bits per heavy atom. The maximum Gasteiger partial charge on any atom is 0.176 e. The molecule has 0 aromatic heterocycles. The molecule has 2 rings (SSSR count). The molecule has 0 aliphatic carbocycles. The van der Waals surface area contributed by atoms with E-state index in [9.17, 15) is 0 Å². The number of anilines is 2. The van der Waals surface area contributed by atoms with Crippen molar-refractivity contribution in [2.24, 2.45) is 0 Å². The van der Waals surface area contributed by atoms with Crippen molar-refractivity contribution < 1.29 is 13.6 Å². The van der Waals surface area contributed by atoms with Crippen molar-refractivity contribution in [1.82, 2.24) is 0 Å². The van der Waals surface area contributed by atoms with E-state index >= 15 is 0 Å². The average Bonchev–Trinajstić information content (AvgIpc) is 2.53. The topological polar surface area (TPSA) is 79.7 Å². The summed E-state index contributed by atoms with van der Waals surface area (Å²) in [6.07, 6.45) is 0. The van der Waals surface area contributed by atoms with Crippen LogP contribution >= 0.6 is 0 Å². The van der Waals surface area contributed by atoms with E-state index in [1.807, 2.05) is 48.5 Å². The Morgan fingerprint density at radius 3 is 1.48 bits per heavy atom. The summed E-state index contributed by atoms with van der Waals surface area (Å²) in [6, 6.07) is 17.0. The number of nitrogens with two attached hydrogens (primary N) is 2. The van der Waals surface area contributed by atoms with Crippen molar-refractivity contribution in [2.75, 3.05) is 24.7 Å². The van der Waals surface area contributed by atoms with E-state index in [-0.39, 0.29) is 0 Å². The Balaban J connectivity index is 1.76. The van der Waals surface area contributed by atoms with Crippen LogP contribution in [0.15, 0.2) is 48.5 Å². The predicted octanol–water partition coefficient (Wildman–Crippen LogP) is 4.74. The zero-order valence-electron chi connectivity index (χ0n) is 16.8. The molecule has 0 radical (unpaired) electrons. The van der Waals surface area contributed by atoms with E-state index < -0.39 is 16.6 Å². The molecule has 5 nitrogen and oxygen atoms in total. The summed E-state index contributed by atoms with van der Waals surface area (Å²) >= 11 is 0. The van der Waals surface area contributed by atoms with E-state index in [1.165, 1.54) is 0 Å². The molecule has 0 aliphatic rings. The molecule has 0 aliphatic heterocycles. The molecule has 0 unspecified atom stereocenters. The van der Waals surface area contributed by atoms with Gasteiger partial charge in [-0.05, 0) is 62.5 Å². The van der Waals surface area contributed by atoms with E-state index in [0.29, 0.717) is 24.6 Å². The molecule has 0 spiro atoms. The predicted molar refractivity (Wildman–Crippen MR) is 118 cm³/mol. The van der Waals surface area contributed by atoms with Crippen molar-refractivity contribution in [3.8, 4) is 11.5 Å². The third kappa shape index (κ3) is 8.07. The fourth-order valence-electron chi connectivity index (χ4n) is 2.89. The van der Waals surface area contributed by atoms with Gasteiger partial charge in [-0.1, -0.05) is 12.1 Å². The second-order valence-corrected chi connectivity index (χ2v) is 16.8. The van der Waals surface area contributed by atoms with E-state index in [4.69, 9.17) is 25.1 Å². The molecule has 148 valence electrons. The number of hydrogen-bond donors (Lipinski definition) is 2. The number of hydrogen-bond acceptors (Lipinski definition) is 5. The Kier molecular flexibility index (Phi) is 7.35. The first-order chi connectivity index (χ1) is 12.7. The van der Waals surface area contributed by atoms with Gasteiger partial charge in [-0.2, -0.15) is 0 Å². The van der Waals surface area contributed by atoms with Gasteiger partial charge < -0.3 is 25.1 Å². The van der Waals surface area contributed by atoms with E-state index in [1.54, 1.807) is 0 Å². The fourth-order valence-corrected chi connectivity index (χ4v) is 10.9. The van der Waals surface area contributed by atoms with Crippen LogP contribution in [0.5, 0.6) is 11.5 Å². The third-order valence-corrected chi connectivity index (χ3v) is 11.5. The van der Waals surface area contributed by atoms with Crippen LogP contribution in [0.3, 0.4) is 0 Å². The summed E-state index contributed by atoms with van der Waals surface area (Å²) in [5.74, 6) is 1.62. The minimum Gasteiger partial charge on any atom is -0.494 e. The first-order valence-corrected chi connectivity index (χ1v) is 15.6. The van der Waals surface area contributed by atoms with Crippen LogP contribution in [0, 0.1) is 0 Å². The molecule has 0 fully saturated rings. The summed E-state index contributed by atoms with van der Waals surface area (Å²) < 4.78 is 18.3. The highest BCUT2D eigenvalue weighted by molar-refractivity contribution is 6.84. The molecule has 0 atom stereocenters. The van der Waals surface area contributed by atoms with Crippen LogP contribution in [0.1, 0.15) is 0 Å². The largest absolute Gasteiger partial charge is 0.494 e. The van der Waals surface area contributed by atoms with E-state index in [0.717, 1.165) is 23.6 Å². The fraction of sp³-hybridized carbons (Fsp3) is 0.400. The normalized spacial score (nSPS) is 12.0. The minimum atomic E-state index is -1.81. The molecule has 0 saturated carbocycles. The van der Waals surface area contributed by atoms with Crippen LogP contribution in [0.25, 0.3) is 0 Å². The molecular weight excluding hydrogens is 372 g/mol. The van der Waals surface area contributed by atoms with Gasteiger partial charge in [-0.3, -0.25) is 0 Å². The third-order valence-electron chi connectivity index (χ3n) is 4.21. The maximum atomic E-state index is 6.62. The van der Waals surface area contributed by atoms with Gasteiger partial charge in [0.1, 0.15) is 11.5 Å². The minimum absolute atomic E-state index is 0.646. The second-order valence-electron chi connectivity index (χ2n) is 7.96. The number of benzene rings is 2. The quantitative estimate of drug-likeness (QED) is 0.442. The SMILES string of the molecule is C[Si](C)(CCOc1cccc(N)c1)O[Si](C)(C)CCOc1cccc(N)c1. The smallest absolute Gasteiger partial charge is 0.176 e. The highest BCUT2D eigenvalue weighted by atomic mass is 28.4. The Labute approximate surface area is 164 Å². The highest BCUT2D eigenvalue weighted by Crippen LogP contribution is 2.23. The summed E-state index contributed by atoms with van der Waals surface area (Å²) in [5.41, 5.74) is 13.0. The van der Waals surface area contributed by atoms with Gasteiger partial charge in [0.2, 0.25) is 0 Å². The summed E-state index contributed by atoms with van der Waals surface area (Å²) in [5, 5.41) is 0. The van der Waals surface area contributed by atoms with Crippen LogP contribution in [-0.2, 0) is 4.12 Å². The van der Waals surface area contributed by atoms with Gasteiger partial charge in [-0.25, -0.2) is 0 Å². The van der Waals surface area contributed by atoms with Gasteiger partial charge in [0.15, 0.2) is 16.6 Å². The summed E-state index contributed by atoms with van der Waals surface area (Å²) in [4.78, 5) is 0. The average molecular weight is 405 g/mol. The summed E-state index contributed by atoms with van der Waals surface area (Å²) in [6.45, 7) is 10.3. The highest BCUT2D eigenvalue weighted by Gasteiger charge is 2.33. The van der Waals surface area contributed by atoms with Crippen molar-refractivity contribution in [1.29, 1.82) is 0 Å². The van der Waals surface area contributed by atoms with Gasteiger partial charge >= 0.3 is 0 Å². The number of nitrogen functional groups attached to an aromatic ring is 2. The van der Waals surface area contributed by atoms with Crippen LogP contribution < -0.4 is 20.9 Å². The second kappa shape index (κ2) is 9.30. The first-order valence-electron chi connectivity index (χ1n) is 9.32. The van der Waals surface area contributed by atoms with Gasteiger partial charge in [-0.15, -0.1) is 0 Å². The lowest BCUT2D eigenvalue weighted by molar-refractivity contribution is 0.326. The van der Waals surface area contributed by atoms with Crippen molar-refractivity contribution in [3.63, 3.8) is 0 Å². The molecule has 0 saturated heterocycles. The van der Waals surface area contributed by atoms with Crippen molar-refractivity contribution >= 4 is 28.0 Å². The molecule has 2 aromatic carbocycles. The standard InChI is InChI=1S/C20H32N2O3Si2/c1-26(2,13-11-23-19-9-5-7-17(21)15-19)25-27(3,4)14-12-24-20-10-6-8-18(22)16-20/h5-10,15-16H,11-14,21-22H2,1-4H3. The zero-order valence-corrected chi connectivity index (χ0v) is 18.8. The first kappa shape index (κ1) is 21.3. The van der Waals surface area contributed by atoms with Gasteiger partial charge in [0.25, 0.3) is 0 Å². The lowest BCUT2D eigenvalue weighted by Gasteiger charge is -2.34. The molecule has 0 amide bonds.